The van der Waals surface area contributed by atoms with E-state index in [-0.39, 0.29) is 0 Å². The van der Waals surface area contributed by atoms with Crippen molar-refractivity contribution in [1.82, 2.24) is 10.6 Å². The highest BCUT2D eigenvalue weighted by Crippen LogP contribution is 2.32. The van der Waals surface area contributed by atoms with E-state index >= 15 is 0 Å². The molecule has 1 aromatic rings. The maximum atomic E-state index is 5.32. The number of hydrogen-bond acceptors (Lipinski definition) is 5. The van der Waals surface area contributed by atoms with Gasteiger partial charge in [-0.25, -0.2) is 0 Å². The van der Waals surface area contributed by atoms with Gasteiger partial charge < -0.3 is 20.1 Å². The van der Waals surface area contributed by atoms with Crippen molar-refractivity contribution in [1.29, 1.82) is 0 Å². The van der Waals surface area contributed by atoms with E-state index < -0.39 is 0 Å². The fourth-order valence-corrected chi connectivity index (χ4v) is 1.75. The van der Waals surface area contributed by atoms with Gasteiger partial charge in [-0.3, -0.25) is 4.99 Å². The van der Waals surface area contributed by atoms with Crippen LogP contribution in [0.15, 0.2) is 23.2 Å². The number of nitrogens with zero attached hydrogens (tertiary/aromatic N) is 1. The monoisotopic (exact) mass is 219 g/mol. The van der Waals surface area contributed by atoms with Crippen molar-refractivity contribution in [3.8, 4) is 11.5 Å². The van der Waals surface area contributed by atoms with E-state index in [2.05, 4.69) is 15.6 Å². The summed E-state index contributed by atoms with van der Waals surface area (Å²) in [5.41, 5.74) is 1.15. The zero-order chi connectivity index (χ0) is 10.8. The first-order chi connectivity index (χ1) is 7.92. The Morgan fingerprint density at radius 3 is 3.12 bits per heavy atom. The van der Waals surface area contributed by atoms with Crippen molar-refractivity contribution in [2.75, 3.05) is 19.9 Å². The maximum Gasteiger partial charge on any atom is 0.231 e. The smallest absolute Gasteiger partial charge is 0.231 e. The predicted molar refractivity (Wildman–Crippen MR) is 59.7 cm³/mol. The van der Waals surface area contributed by atoms with Crippen molar-refractivity contribution >= 4 is 5.96 Å². The third-order valence-corrected chi connectivity index (χ3v) is 2.57. The van der Waals surface area contributed by atoms with Crippen LogP contribution in [0, 0.1) is 0 Å². The molecule has 2 N–H and O–H groups in total. The van der Waals surface area contributed by atoms with Crippen LogP contribution in [-0.4, -0.2) is 25.8 Å². The Bertz CT molecular complexity index is 431. The van der Waals surface area contributed by atoms with Gasteiger partial charge in [0.2, 0.25) is 6.79 Å². The van der Waals surface area contributed by atoms with Crippen molar-refractivity contribution in [2.45, 2.75) is 6.54 Å². The normalized spacial score (nSPS) is 16.9. The van der Waals surface area contributed by atoms with Gasteiger partial charge in [0.25, 0.3) is 0 Å². The topological polar surface area (TPSA) is 54.9 Å². The van der Waals surface area contributed by atoms with E-state index in [0.717, 1.165) is 42.7 Å². The zero-order valence-corrected chi connectivity index (χ0v) is 8.82. The largest absolute Gasteiger partial charge is 0.454 e. The minimum atomic E-state index is 0.320. The van der Waals surface area contributed by atoms with Gasteiger partial charge in [-0.1, -0.05) is 6.07 Å². The molecule has 0 fully saturated rings. The summed E-state index contributed by atoms with van der Waals surface area (Å²) in [4.78, 5) is 4.26. The predicted octanol–water partition coefficient (Wildman–Crippen LogP) is 0.464. The van der Waals surface area contributed by atoms with Gasteiger partial charge in [0.1, 0.15) is 0 Å². The van der Waals surface area contributed by atoms with Crippen LogP contribution in [0.1, 0.15) is 5.56 Å². The molecule has 2 aliphatic rings. The molecule has 0 unspecified atom stereocenters. The molecule has 2 heterocycles. The van der Waals surface area contributed by atoms with Crippen LogP contribution in [0.2, 0.25) is 0 Å². The SMILES string of the molecule is c1cc2c(cc1CNC1=NCCN1)OCO2. The van der Waals surface area contributed by atoms with Gasteiger partial charge in [-0.2, -0.15) is 0 Å². The third kappa shape index (κ3) is 1.76. The van der Waals surface area contributed by atoms with E-state index in [1.165, 1.54) is 0 Å². The molecule has 3 rings (SSSR count). The number of fused-ring (bicyclic) bond motifs is 1. The molecule has 0 saturated carbocycles. The summed E-state index contributed by atoms with van der Waals surface area (Å²) in [6, 6.07) is 5.95. The number of rotatable bonds is 2. The van der Waals surface area contributed by atoms with Crippen LogP contribution in [0.4, 0.5) is 0 Å². The van der Waals surface area contributed by atoms with Crippen LogP contribution in [0.5, 0.6) is 11.5 Å². The van der Waals surface area contributed by atoms with Gasteiger partial charge >= 0.3 is 0 Å². The number of aliphatic imine (C=N–C) groups is 1. The minimum Gasteiger partial charge on any atom is -0.454 e. The van der Waals surface area contributed by atoms with Crippen LogP contribution >= 0.6 is 0 Å². The summed E-state index contributed by atoms with van der Waals surface area (Å²) in [6.45, 7) is 2.83. The Morgan fingerprint density at radius 2 is 2.25 bits per heavy atom. The van der Waals surface area contributed by atoms with Crippen LogP contribution in [-0.2, 0) is 6.54 Å². The van der Waals surface area contributed by atoms with Crippen LogP contribution in [0.3, 0.4) is 0 Å². The highest BCUT2D eigenvalue weighted by molar-refractivity contribution is 5.81. The molecule has 0 radical (unpaired) electrons. The Morgan fingerprint density at radius 1 is 1.31 bits per heavy atom. The number of benzene rings is 1. The number of ether oxygens (including phenoxy) is 2. The molecule has 0 amide bonds. The van der Waals surface area contributed by atoms with Gasteiger partial charge in [0.05, 0.1) is 6.54 Å². The third-order valence-electron chi connectivity index (χ3n) is 2.57. The van der Waals surface area contributed by atoms with Gasteiger partial charge in [0.15, 0.2) is 17.5 Å². The Kier molecular flexibility index (Phi) is 2.29. The average Bonchev–Trinajstić information content (AvgIpc) is 2.97. The molecule has 1 aromatic carbocycles. The number of guanidine groups is 1. The Labute approximate surface area is 93.5 Å². The van der Waals surface area contributed by atoms with Crippen LogP contribution < -0.4 is 20.1 Å². The van der Waals surface area contributed by atoms with Crippen LogP contribution in [0.25, 0.3) is 0 Å². The van der Waals surface area contributed by atoms with Gasteiger partial charge in [0, 0.05) is 13.1 Å². The quantitative estimate of drug-likeness (QED) is 0.759. The molecule has 0 spiro atoms. The lowest BCUT2D eigenvalue weighted by molar-refractivity contribution is 0.174. The van der Waals surface area contributed by atoms with E-state index in [0.29, 0.717) is 6.79 Å². The van der Waals surface area contributed by atoms with Crippen molar-refractivity contribution in [3.05, 3.63) is 23.8 Å². The molecule has 0 atom stereocenters. The van der Waals surface area contributed by atoms with Crippen molar-refractivity contribution < 1.29 is 9.47 Å². The van der Waals surface area contributed by atoms with Gasteiger partial charge in [-0.15, -0.1) is 0 Å². The summed E-state index contributed by atoms with van der Waals surface area (Å²) in [5.74, 6) is 2.51. The van der Waals surface area contributed by atoms with Crippen molar-refractivity contribution in [2.24, 2.45) is 4.99 Å². The van der Waals surface area contributed by atoms with E-state index in [1.54, 1.807) is 0 Å². The zero-order valence-electron chi connectivity index (χ0n) is 8.82. The number of hydrogen-bond donors (Lipinski definition) is 2. The number of nitrogens with one attached hydrogen (secondary N) is 2. The summed E-state index contributed by atoms with van der Waals surface area (Å²) in [5, 5.41) is 6.39. The molecule has 5 heteroatoms. The molecular formula is C11H13N3O2. The summed E-state index contributed by atoms with van der Waals surface area (Å²) in [7, 11) is 0. The molecule has 0 aliphatic carbocycles. The second kappa shape index (κ2) is 3.92. The summed E-state index contributed by atoms with van der Waals surface area (Å²) >= 11 is 0. The first-order valence-electron chi connectivity index (χ1n) is 5.32. The molecule has 2 aliphatic heterocycles. The molecule has 0 saturated heterocycles. The summed E-state index contributed by atoms with van der Waals surface area (Å²) in [6.07, 6.45) is 0. The lowest BCUT2D eigenvalue weighted by Crippen LogP contribution is -2.33. The maximum absolute atomic E-state index is 5.32. The summed E-state index contributed by atoms with van der Waals surface area (Å²) < 4.78 is 10.6. The Balaban J connectivity index is 1.66. The fraction of sp³-hybridized carbons (Fsp3) is 0.364. The second-order valence-electron chi connectivity index (χ2n) is 3.70. The van der Waals surface area contributed by atoms with E-state index in [9.17, 15) is 0 Å². The molecule has 16 heavy (non-hydrogen) atoms. The highest BCUT2D eigenvalue weighted by atomic mass is 16.7. The molecule has 84 valence electrons. The lowest BCUT2D eigenvalue weighted by atomic mass is 10.2. The molecule has 0 bridgehead atoms. The Hall–Kier alpha value is -1.91. The fourth-order valence-electron chi connectivity index (χ4n) is 1.75. The van der Waals surface area contributed by atoms with E-state index in [4.69, 9.17) is 9.47 Å². The average molecular weight is 219 g/mol. The van der Waals surface area contributed by atoms with E-state index in [1.807, 2.05) is 18.2 Å². The minimum absolute atomic E-state index is 0.320. The standard InChI is InChI=1S/C11H13N3O2/c1-2-9-10(16-7-15-9)5-8(1)6-14-11-12-3-4-13-11/h1-2,5H,3-4,6-7H2,(H2,12,13,14). The first kappa shape index (κ1) is 9.33. The second-order valence-corrected chi connectivity index (χ2v) is 3.70. The lowest BCUT2D eigenvalue weighted by Gasteiger charge is -2.07. The van der Waals surface area contributed by atoms with Crippen molar-refractivity contribution in [3.63, 3.8) is 0 Å². The molecular weight excluding hydrogens is 206 g/mol. The van der Waals surface area contributed by atoms with Gasteiger partial charge in [-0.05, 0) is 17.7 Å². The first-order valence-corrected chi connectivity index (χ1v) is 5.32. The molecule has 5 nitrogen and oxygen atoms in total. The highest BCUT2D eigenvalue weighted by Gasteiger charge is 2.13. The molecule has 0 aromatic heterocycles.